The Labute approximate surface area is 159 Å². The van der Waals surface area contributed by atoms with E-state index in [2.05, 4.69) is 16.4 Å². The number of H-pyrrole nitrogens is 1. The van der Waals surface area contributed by atoms with Gasteiger partial charge in [0.25, 0.3) is 11.6 Å². The molecule has 0 radical (unpaired) electrons. The molecule has 0 aliphatic rings. The van der Waals surface area contributed by atoms with E-state index >= 15 is 0 Å². The number of rotatable bonds is 6. The second kappa shape index (κ2) is 7.80. The molecule has 134 valence electrons. The quantitative estimate of drug-likeness (QED) is 0.280. The van der Waals surface area contributed by atoms with Gasteiger partial charge in [0.2, 0.25) is 0 Å². The maximum Gasteiger partial charge on any atom is 0.288 e. The van der Waals surface area contributed by atoms with Gasteiger partial charge in [0.15, 0.2) is 0 Å². The number of nitro benzene ring substituents is 1. The molecule has 0 spiro atoms. The molecule has 3 rings (SSSR count). The summed E-state index contributed by atoms with van der Waals surface area (Å²) < 4.78 is 0. The summed E-state index contributed by atoms with van der Waals surface area (Å²) >= 11 is 7.42. The largest absolute Gasteiger partial charge is 0.358 e. The van der Waals surface area contributed by atoms with E-state index in [1.807, 2.05) is 25.1 Å². The number of aromatic amines is 1. The Morgan fingerprint density at radius 1 is 1.31 bits per heavy atom. The Morgan fingerprint density at radius 3 is 2.85 bits per heavy atom. The van der Waals surface area contributed by atoms with Crippen molar-refractivity contribution in [3.05, 3.63) is 68.9 Å². The average Bonchev–Trinajstić information content (AvgIpc) is 2.94. The number of nitrogens with zero attached hydrogens (tertiary/aromatic N) is 1. The molecule has 0 atom stereocenters. The Kier molecular flexibility index (Phi) is 5.49. The average molecular weight is 390 g/mol. The first-order valence-electron chi connectivity index (χ1n) is 7.89. The summed E-state index contributed by atoms with van der Waals surface area (Å²) in [5.41, 5.74) is 2.12. The zero-order chi connectivity index (χ0) is 18.7. The van der Waals surface area contributed by atoms with Crippen LogP contribution in [0.3, 0.4) is 0 Å². The van der Waals surface area contributed by atoms with Gasteiger partial charge in [-0.25, -0.2) is 0 Å². The van der Waals surface area contributed by atoms with Gasteiger partial charge < -0.3 is 10.3 Å². The van der Waals surface area contributed by atoms with Gasteiger partial charge in [0, 0.05) is 45.4 Å². The lowest BCUT2D eigenvalue weighted by Crippen LogP contribution is -2.25. The van der Waals surface area contributed by atoms with Crippen LogP contribution in [-0.2, 0) is 0 Å². The van der Waals surface area contributed by atoms with Gasteiger partial charge in [0.05, 0.1) is 4.92 Å². The van der Waals surface area contributed by atoms with Crippen molar-refractivity contribution in [2.24, 2.45) is 0 Å². The number of halogens is 1. The highest BCUT2D eigenvalue weighted by Gasteiger charge is 2.16. The van der Waals surface area contributed by atoms with E-state index in [4.69, 9.17) is 11.6 Å². The van der Waals surface area contributed by atoms with Gasteiger partial charge in [0.1, 0.15) is 5.02 Å². The molecular weight excluding hydrogens is 374 g/mol. The summed E-state index contributed by atoms with van der Waals surface area (Å²) in [5.74, 6) is 0.324. The molecular formula is C18H16ClN3O3S. The van der Waals surface area contributed by atoms with Gasteiger partial charge in [-0.3, -0.25) is 14.9 Å². The molecule has 8 heteroatoms. The van der Waals surface area contributed by atoms with E-state index in [-0.39, 0.29) is 22.2 Å². The molecule has 0 saturated heterocycles. The van der Waals surface area contributed by atoms with Crippen molar-refractivity contribution in [3.8, 4) is 0 Å². The number of thioether (sulfide) groups is 1. The second-order valence-electron chi connectivity index (χ2n) is 5.65. The van der Waals surface area contributed by atoms with Crippen molar-refractivity contribution in [2.45, 2.75) is 11.8 Å². The zero-order valence-corrected chi connectivity index (χ0v) is 15.5. The van der Waals surface area contributed by atoms with E-state index in [1.54, 1.807) is 11.8 Å². The lowest BCUT2D eigenvalue weighted by Gasteiger charge is -2.06. The van der Waals surface area contributed by atoms with E-state index in [9.17, 15) is 14.9 Å². The van der Waals surface area contributed by atoms with Gasteiger partial charge in [-0.15, -0.1) is 11.8 Å². The number of hydrogen-bond acceptors (Lipinski definition) is 4. The van der Waals surface area contributed by atoms with Crippen molar-refractivity contribution in [3.63, 3.8) is 0 Å². The molecule has 0 aliphatic heterocycles. The van der Waals surface area contributed by atoms with Crippen LogP contribution >= 0.6 is 23.4 Å². The number of aryl methyl sites for hydroxylation is 1. The summed E-state index contributed by atoms with van der Waals surface area (Å²) in [5, 5.41) is 14.9. The third-order valence-corrected chi connectivity index (χ3v) is 5.42. The first-order valence-corrected chi connectivity index (χ1v) is 9.26. The standard InChI is InChI=1S/C18H16ClN3O3S/c1-11-17(13-4-2-3-5-15(13)21-11)26-9-8-20-18(23)12-6-7-14(19)16(10-12)22(24)25/h2-7,10,21H,8-9H2,1H3,(H,20,23). The number of para-hydroxylation sites is 1. The van der Waals surface area contributed by atoms with E-state index in [0.29, 0.717) is 12.3 Å². The third-order valence-electron chi connectivity index (χ3n) is 3.87. The normalized spacial score (nSPS) is 10.8. The van der Waals surface area contributed by atoms with Crippen LogP contribution in [0.2, 0.25) is 5.02 Å². The third kappa shape index (κ3) is 3.84. The highest BCUT2D eigenvalue weighted by molar-refractivity contribution is 7.99. The minimum Gasteiger partial charge on any atom is -0.358 e. The number of fused-ring (bicyclic) bond motifs is 1. The van der Waals surface area contributed by atoms with Gasteiger partial charge >= 0.3 is 0 Å². The SMILES string of the molecule is Cc1[nH]c2ccccc2c1SCCNC(=O)c1ccc(Cl)c([N+](=O)[O-])c1. The molecule has 26 heavy (non-hydrogen) atoms. The summed E-state index contributed by atoms with van der Waals surface area (Å²) in [6, 6.07) is 12.1. The molecule has 1 amide bonds. The summed E-state index contributed by atoms with van der Waals surface area (Å²) in [4.78, 5) is 27.0. The fourth-order valence-electron chi connectivity index (χ4n) is 2.65. The second-order valence-corrected chi connectivity index (χ2v) is 7.16. The summed E-state index contributed by atoms with van der Waals surface area (Å²) in [6.45, 7) is 2.46. The molecule has 2 aromatic carbocycles. The number of hydrogen-bond donors (Lipinski definition) is 2. The number of benzene rings is 2. The van der Waals surface area contributed by atoms with Crippen LogP contribution in [0, 0.1) is 17.0 Å². The first kappa shape index (κ1) is 18.3. The van der Waals surface area contributed by atoms with Crippen molar-refractivity contribution < 1.29 is 9.72 Å². The molecule has 0 unspecified atom stereocenters. The molecule has 0 saturated carbocycles. The molecule has 3 aromatic rings. The van der Waals surface area contributed by atoms with Crippen LogP contribution in [0.1, 0.15) is 16.1 Å². The Bertz CT molecular complexity index is 987. The van der Waals surface area contributed by atoms with Crippen LogP contribution in [-0.4, -0.2) is 28.1 Å². The molecule has 0 aliphatic carbocycles. The number of nitro groups is 1. The molecule has 1 heterocycles. The highest BCUT2D eigenvalue weighted by atomic mass is 35.5. The number of aromatic nitrogens is 1. The van der Waals surface area contributed by atoms with E-state index in [0.717, 1.165) is 21.5 Å². The maximum absolute atomic E-state index is 12.2. The van der Waals surface area contributed by atoms with Gasteiger partial charge in [-0.1, -0.05) is 29.8 Å². The predicted molar refractivity (Wildman–Crippen MR) is 104 cm³/mol. The molecule has 1 aromatic heterocycles. The van der Waals surface area contributed by atoms with E-state index < -0.39 is 4.92 Å². The molecule has 0 fully saturated rings. The van der Waals surface area contributed by atoms with Crippen LogP contribution in [0.25, 0.3) is 10.9 Å². The first-order chi connectivity index (χ1) is 12.5. The minimum atomic E-state index is -0.602. The van der Waals surface area contributed by atoms with Crippen molar-refractivity contribution >= 4 is 45.9 Å². The number of carbonyl (C=O) groups is 1. The molecule has 2 N–H and O–H groups in total. The van der Waals surface area contributed by atoms with Gasteiger partial charge in [-0.05, 0) is 25.1 Å². The number of carbonyl (C=O) groups excluding carboxylic acids is 1. The van der Waals surface area contributed by atoms with Crippen LogP contribution < -0.4 is 5.32 Å². The van der Waals surface area contributed by atoms with Crippen LogP contribution in [0.5, 0.6) is 0 Å². The smallest absolute Gasteiger partial charge is 0.288 e. The number of nitrogens with one attached hydrogen (secondary N) is 2. The van der Waals surface area contributed by atoms with Crippen LogP contribution in [0.4, 0.5) is 5.69 Å². The zero-order valence-electron chi connectivity index (χ0n) is 13.9. The highest BCUT2D eigenvalue weighted by Crippen LogP contribution is 2.31. The predicted octanol–water partition coefficient (Wildman–Crippen LogP) is 4.56. The molecule has 6 nitrogen and oxygen atoms in total. The Morgan fingerprint density at radius 2 is 2.08 bits per heavy atom. The number of amides is 1. The van der Waals surface area contributed by atoms with Gasteiger partial charge in [-0.2, -0.15) is 0 Å². The monoisotopic (exact) mass is 389 g/mol. The summed E-state index contributed by atoms with van der Waals surface area (Å²) in [7, 11) is 0. The maximum atomic E-state index is 12.2. The fraction of sp³-hybridized carbons (Fsp3) is 0.167. The van der Waals surface area contributed by atoms with Crippen molar-refractivity contribution in [1.29, 1.82) is 0 Å². The lowest BCUT2D eigenvalue weighted by atomic mass is 10.2. The van der Waals surface area contributed by atoms with Crippen molar-refractivity contribution in [2.75, 3.05) is 12.3 Å². The minimum absolute atomic E-state index is 0.0110. The topological polar surface area (TPSA) is 88.0 Å². The summed E-state index contributed by atoms with van der Waals surface area (Å²) in [6.07, 6.45) is 0. The Hall–Kier alpha value is -2.51. The van der Waals surface area contributed by atoms with Crippen molar-refractivity contribution in [1.82, 2.24) is 10.3 Å². The fourth-order valence-corrected chi connectivity index (χ4v) is 3.85. The Balaban J connectivity index is 1.60. The van der Waals surface area contributed by atoms with Crippen LogP contribution in [0.15, 0.2) is 47.4 Å². The molecule has 0 bridgehead atoms. The lowest BCUT2D eigenvalue weighted by molar-refractivity contribution is -0.384. The van der Waals surface area contributed by atoms with E-state index in [1.165, 1.54) is 18.2 Å².